The van der Waals surface area contributed by atoms with Crippen molar-refractivity contribution < 1.29 is 8.78 Å². The zero-order chi connectivity index (χ0) is 19.3. The molecule has 5 aromatic rings. The normalized spacial score (nSPS) is 12.7. The molecule has 0 bridgehead atoms. The summed E-state index contributed by atoms with van der Waals surface area (Å²) in [4.78, 5) is 21.2. The molecule has 9 heteroatoms. The van der Waals surface area contributed by atoms with Gasteiger partial charge in [-0.05, 0) is 19.1 Å². The minimum atomic E-state index is -0.491. The predicted molar refractivity (Wildman–Crippen MR) is 97.9 cm³/mol. The van der Waals surface area contributed by atoms with Crippen LogP contribution in [0.1, 0.15) is 18.8 Å². The van der Waals surface area contributed by atoms with Gasteiger partial charge in [0.25, 0.3) is 0 Å². The van der Waals surface area contributed by atoms with Crippen LogP contribution in [0.5, 0.6) is 0 Å². The molecule has 0 saturated carbocycles. The zero-order valence-electron chi connectivity index (χ0n) is 14.7. The molecular weight excluding hydrogens is 364 g/mol. The molecule has 0 saturated heterocycles. The van der Waals surface area contributed by atoms with E-state index in [0.717, 1.165) is 6.20 Å². The maximum Gasteiger partial charge on any atom is 0.163 e. The molecule has 0 radical (unpaired) electrons. The largest absolute Gasteiger partial charge is 0.305 e. The molecule has 1 aromatic carbocycles. The Morgan fingerprint density at radius 1 is 0.929 bits per heavy atom. The summed E-state index contributed by atoms with van der Waals surface area (Å²) in [6.07, 6.45) is 7.35. The van der Waals surface area contributed by atoms with E-state index >= 15 is 0 Å². The van der Waals surface area contributed by atoms with Crippen LogP contribution in [0.2, 0.25) is 0 Å². The van der Waals surface area contributed by atoms with Gasteiger partial charge in [0.1, 0.15) is 29.3 Å². The first-order valence-electron chi connectivity index (χ1n) is 8.53. The highest BCUT2D eigenvalue weighted by molar-refractivity contribution is 5.78. The lowest BCUT2D eigenvalue weighted by atomic mass is 10.2. The summed E-state index contributed by atoms with van der Waals surface area (Å²) in [5.41, 5.74) is 2.86. The van der Waals surface area contributed by atoms with Crippen molar-refractivity contribution >= 4 is 22.2 Å². The summed E-state index contributed by atoms with van der Waals surface area (Å²) in [5.74, 6) is -0.320. The molecule has 5 rings (SSSR count). The Labute approximate surface area is 157 Å². The zero-order valence-corrected chi connectivity index (χ0v) is 14.7. The first kappa shape index (κ1) is 16.4. The molecule has 138 valence electrons. The van der Waals surface area contributed by atoms with Crippen molar-refractivity contribution in [2.75, 3.05) is 0 Å². The van der Waals surface area contributed by atoms with Gasteiger partial charge in [0.15, 0.2) is 5.65 Å². The molecule has 0 amide bonds. The number of nitrogens with zero attached hydrogens (tertiary/aromatic N) is 7. The molecule has 0 spiro atoms. The standard InChI is InChI=1S/C19H13F2N7/c1-11(27-10-25-16-8-23-9-24-19(16)27)18-26-15-3-2-12(20)5-17(15)28(18)14-4-13(21)6-22-7-14/h2-11H,1H3/t11-/m1/s1. The van der Waals surface area contributed by atoms with Crippen molar-refractivity contribution in [3.8, 4) is 5.69 Å². The maximum atomic E-state index is 13.9. The van der Waals surface area contributed by atoms with Crippen LogP contribution in [0.15, 0.2) is 55.5 Å². The van der Waals surface area contributed by atoms with Crippen molar-refractivity contribution in [1.29, 1.82) is 0 Å². The second-order valence-electron chi connectivity index (χ2n) is 6.36. The lowest BCUT2D eigenvalue weighted by molar-refractivity contribution is 0.598. The van der Waals surface area contributed by atoms with Crippen LogP contribution in [-0.4, -0.2) is 34.1 Å². The number of aromatic nitrogens is 7. The minimum absolute atomic E-state index is 0.321. The Bertz CT molecular complexity index is 1320. The van der Waals surface area contributed by atoms with Crippen LogP contribution in [0, 0.1) is 11.6 Å². The first-order valence-corrected chi connectivity index (χ1v) is 8.53. The van der Waals surface area contributed by atoms with E-state index in [1.807, 2.05) is 11.5 Å². The van der Waals surface area contributed by atoms with Crippen molar-refractivity contribution in [1.82, 2.24) is 34.1 Å². The van der Waals surface area contributed by atoms with Gasteiger partial charge >= 0.3 is 0 Å². The molecule has 0 aliphatic heterocycles. The van der Waals surface area contributed by atoms with Gasteiger partial charge in [0.2, 0.25) is 0 Å². The Morgan fingerprint density at radius 3 is 2.68 bits per heavy atom. The van der Waals surface area contributed by atoms with Gasteiger partial charge in [-0.15, -0.1) is 0 Å². The van der Waals surface area contributed by atoms with E-state index in [4.69, 9.17) is 0 Å². The molecule has 4 aromatic heterocycles. The summed E-state index contributed by atoms with van der Waals surface area (Å²) in [7, 11) is 0. The lowest BCUT2D eigenvalue weighted by Gasteiger charge is -2.16. The fourth-order valence-electron chi connectivity index (χ4n) is 3.33. The van der Waals surface area contributed by atoms with Crippen molar-refractivity contribution in [2.45, 2.75) is 13.0 Å². The van der Waals surface area contributed by atoms with Gasteiger partial charge in [-0.2, -0.15) is 0 Å². The third kappa shape index (κ3) is 2.51. The monoisotopic (exact) mass is 377 g/mol. The molecular formula is C19H13F2N7. The Morgan fingerprint density at radius 2 is 1.82 bits per heavy atom. The number of hydrogen-bond donors (Lipinski definition) is 0. The summed E-state index contributed by atoms with van der Waals surface area (Å²) in [5, 5.41) is 0. The average Bonchev–Trinajstić information content (AvgIpc) is 3.29. The van der Waals surface area contributed by atoms with Crippen LogP contribution in [0.4, 0.5) is 8.78 Å². The number of benzene rings is 1. The molecule has 0 aliphatic rings. The Balaban J connectivity index is 1.78. The maximum absolute atomic E-state index is 13.9. The van der Waals surface area contributed by atoms with E-state index in [1.165, 1.54) is 30.7 Å². The van der Waals surface area contributed by atoms with Crippen molar-refractivity contribution in [3.63, 3.8) is 0 Å². The minimum Gasteiger partial charge on any atom is -0.305 e. The Kier molecular flexibility index (Phi) is 3.61. The van der Waals surface area contributed by atoms with Crippen LogP contribution in [-0.2, 0) is 0 Å². The number of pyridine rings is 1. The van der Waals surface area contributed by atoms with E-state index in [0.29, 0.717) is 33.7 Å². The molecule has 0 fully saturated rings. The van der Waals surface area contributed by atoms with Crippen LogP contribution >= 0.6 is 0 Å². The van der Waals surface area contributed by atoms with E-state index in [9.17, 15) is 8.78 Å². The summed E-state index contributed by atoms with van der Waals surface area (Å²) in [6.45, 7) is 1.92. The lowest BCUT2D eigenvalue weighted by Crippen LogP contribution is -2.13. The van der Waals surface area contributed by atoms with Gasteiger partial charge in [0, 0.05) is 12.1 Å². The number of rotatable bonds is 3. The fourth-order valence-corrected chi connectivity index (χ4v) is 3.33. The number of halogens is 2. The van der Waals surface area contributed by atoms with Gasteiger partial charge in [-0.25, -0.2) is 28.7 Å². The third-order valence-corrected chi connectivity index (χ3v) is 4.62. The fraction of sp³-hybridized carbons (Fsp3) is 0.105. The highest BCUT2D eigenvalue weighted by Gasteiger charge is 2.22. The van der Waals surface area contributed by atoms with Crippen LogP contribution < -0.4 is 0 Å². The first-order chi connectivity index (χ1) is 13.6. The van der Waals surface area contributed by atoms with Crippen molar-refractivity contribution in [2.24, 2.45) is 0 Å². The van der Waals surface area contributed by atoms with E-state index in [1.54, 1.807) is 23.2 Å². The molecule has 0 N–H and O–H groups in total. The highest BCUT2D eigenvalue weighted by atomic mass is 19.1. The quantitative estimate of drug-likeness (QED) is 0.481. The smallest absolute Gasteiger partial charge is 0.163 e. The summed E-state index contributed by atoms with van der Waals surface area (Å²) < 4.78 is 31.3. The number of fused-ring (bicyclic) bond motifs is 2. The molecule has 1 atom stereocenters. The van der Waals surface area contributed by atoms with Crippen molar-refractivity contribution in [3.05, 3.63) is 73.0 Å². The van der Waals surface area contributed by atoms with E-state index < -0.39 is 11.6 Å². The number of imidazole rings is 2. The molecule has 0 unspecified atom stereocenters. The molecule has 7 nitrogen and oxygen atoms in total. The second-order valence-corrected chi connectivity index (χ2v) is 6.36. The topological polar surface area (TPSA) is 74.3 Å². The number of hydrogen-bond acceptors (Lipinski definition) is 5. The average molecular weight is 377 g/mol. The van der Waals surface area contributed by atoms with E-state index in [2.05, 4.69) is 24.9 Å². The predicted octanol–water partition coefficient (Wildman–Crippen LogP) is 3.45. The third-order valence-electron chi connectivity index (χ3n) is 4.62. The SMILES string of the molecule is C[C@H](c1nc2ccc(F)cc2n1-c1cncc(F)c1)n1cnc2cncnc21. The highest BCUT2D eigenvalue weighted by Crippen LogP contribution is 2.29. The molecule has 28 heavy (non-hydrogen) atoms. The molecule has 0 aliphatic carbocycles. The van der Waals surface area contributed by atoms with Gasteiger partial charge in [-0.3, -0.25) is 9.55 Å². The van der Waals surface area contributed by atoms with Gasteiger partial charge in [0.05, 0.1) is 47.7 Å². The second kappa shape index (κ2) is 6.15. The van der Waals surface area contributed by atoms with Gasteiger partial charge in [-0.1, -0.05) is 0 Å². The summed E-state index contributed by atoms with van der Waals surface area (Å²) >= 11 is 0. The van der Waals surface area contributed by atoms with E-state index in [-0.39, 0.29) is 6.04 Å². The van der Waals surface area contributed by atoms with Crippen LogP contribution in [0.25, 0.3) is 27.9 Å². The van der Waals surface area contributed by atoms with Crippen LogP contribution in [0.3, 0.4) is 0 Å². The Hall–Kier alpha value is -3.75. The summed E-state index contributed by atoms with van der Waals surface area (Å²) in [6, 6.07) is 5.33. The molecule has 4 heterocycles. The van der Waals surface area contributed by atoms with Gasteiger partial charge < -0.3 is 4.57 Å².